The Morgan fingerprint density at radius 3 is 2.48 bits per heavy atom. The first kappa shape index (κ1) is 16.8. The average Bonchev–Trinajstić information content (AvgIpc) is 2.38. The third kappa shape index (κ3) is 5.74. The van der Waals surface area contributed by atoms with Crippen molar-refractivity contribution in [2.45, 2.75) is 6.54 Å². The van der Waals surface area contributed by atoms with Gasteiger partial charge in [0.05, 0.1) is 6.54 Å². The molecular weight excluding hydrogens is 275 g/mol. The maximum absolute atomic E-state index is 13.9. The zero-order valence-corrected chi connectivity index (χ0v) is 12.3. The Hall–Kier alpha value is -2.21. The van der Waals surface area contributed by atoms with Crippen LogP contribution in [0.4, 0.5) is 4.39 Å². The van der Waals surface area contributed by atoms with E-state index in [9.17, 15) is 14.0 Å². The molecule has 0 aliphatic carbocycles. The first-order chi connectivity index (χ1) is 9.79. The van der Waals surface area contributed by atoms with Crippen LogP contribution in [0.5, 0.6) is 0 Å². The average molecular weight is 294 g/mol. The monoisotopic (exact) mass is 294 g/mol. The van der Waals surface area contributed by atoms with Crippen molar-refractivity contribution in [2.75, 3.05) is 27.7 Å². The predicted molar refractivity (Wildman–Crippen MR) is 78.1 cm³/mol. The molecule has 1 aromatic rings. The third-order valence-corrected chi connectivity index (χ3v) is 2.84. The molecule has 0 heterocycles. The van der Waals surface area contributed by atoms with Gasteiger partial charge in [-0.25, -0.2) is 9.18 Å². The molecule has 1 rings (SSSR count). The number of hydrogen-bond donors (Lipinski definition) is 1. The van der Waals surface area contributed by atoms with Crippen LogP contribution in [-0.2, 0) is 16.1 Å². The van der Waals surface area contributed by atoms with Crippen molar-refractivity contribution in [2.24, 2.45) is 0 Å². The van der Waals surface area contributed by atoms with Gasteiger partial charge in [-0.2, -0.15) is 0 Å². The predicted octanol–water partition coefficient (Wildman–Crippen LogP) is 1.44. The summed E-state index contributed by atoms with van der Waals surface area (Å²) < 4.78 is 13.9. The molecule has 0 aromatic heterocycles. The standard InChI is InChI=1S/C15H19FN2O3/c1-17(2)14(19)10-18(3)9-12-6-4-11(8-13(12)16)5-7-15(20)21/h4-8H,9-10H2,1-3H3,(H,20,21). The summed E-state index contributed by atoms with van der Waals surface area (Å²) in [5, 5.41) is 8.52. The second kappa shape index (κ2) is 7.54. The first-order valence-corrected chi connectivity index (χ1v) is 6.37. The van der Waals surface area contributed by atoms with Gasteiger partial charge in [0.15, 0.2) is 0 Å². The summed E-state index contributed by atoms with van der Waals surface area (Å²) in [6, 6.07) is 4.50. The number of hydrogen-bond acceptors (Lipinski definition) is 3. The second-order valence-corrected chi connectivity index (χ2v) is 4.98. The van der Waals surface area contributed by atoms with Crippen molar-refractivity contribution >= 4 is 18.0 Å². The van der Waals surface area contributed by atoms with E-state index < -0.39 is 11.8 Å². The fourth-order valence-corrected chi connectivity index (χ4v) is 1.68. The molecular formula is C15H19FN2O3. The van der Waals surface area contributed by atoms with Crippen molar-refractivity contribution in [1.29, 1.82) is 0 Å². The lowest BCUT2D eigenvalue weighted by Gasteiger charge is -2.19. The van der Waals surface area contributed by atoms with Crippen LogP contribution in [0.1, 0.15) is 11.1 Å². The summed E-state index contributed by atoms with van der Waals surface area (Å²) in [5.41, 5.74) is 0.933. The smallest absolute Gasteiger partial charge is 0.328 e. The number of carbonyl (C=O) groups excluding carboxylic acids is 1. The topological polar surface area (TPSA) is 60.9 Å². The van der Waals surface area contributed by atoms with Crippen LogP contribution in [-0.4, -0.2) is 54.5 Å². The number of carbonyl (C=O) groups is 2. The van der Waals surface area contributed by atoms with Crippen molar-refractivity contribution < 1.29 is 19.1 Å². The van der Waals surface area contributed by atoms with Crippen LogP contribution in [0, 0.1) is 5.82 Å². The normalized spacial score (nSPS) is 11.1. The summed E-state index contributed by atoms with van der Waals surface area (Å²) in [6.45, 7) is 0.501. The molecule has 21 heavy (non-hydrogen) atoms. The lowest BCUT2D eigenvalue weighted by atomic mass is 10.1. The van der Waals surface area contributed by atoms with Crippen molar-refractivity contribution in [3.8, 4) is 0 Å². The van der Waals surface area contributed by atoms with Gasteiger partial charge < -0.3 is 10.0 Å². The van der Waals surface area contributed by atoms with Gasteiger partial charge in [0.1, 0.15) is 5.82 Å². The molecule has 114 valence electrons. The molecule has 0 atom stereocenters. The number of benzene rings is 1. The van der Waals surface area contributed by atoms with E-state index in [1.165, 1.54) is 17.0 Å². The molecule has 0 saturated heterocycles. The molecule has 0 bridgehead atoms. The molecule has 0 radical (unpaired) electrons. The summed E-state index contributed by atoms with van der Waals surface area (Å²) >= 11 is 0. The van der Waals surface area contributed by atoms with E-state index in [4.69, 9.17) is 5.11 Å². The fourth-order valence-electron chi connectivity index (χ4n) is 1.68. The number of carboxylic acid groups (broad SMARTS) is 1. The molecule has 6 heteroatoms. The quantitative estimate of drug-likeness (QED) is 0.807. The van der Waals surface area contributed by atoms with Crippen LogP contribution in [0.3, 0.4) is 0 Å². The number of rotatable bonds is 6. The van der Waals surface area contributed by atoms with Gasteiger partial charge in [-0.05, 0) is 24.8 Å². The molecule has 1 amide bonds. The minimum absolute atomic E-state index is 0.0566. The van der Waals surface area contributed by atoms with Crippen LogP contribution in [0.25, 0.3) is 6.08 Å². The molecule has 0 aliphatic rings. The highest BCUT2D eigenvalue weighted by Gasteiger charge is 2.11. The number of nitrogens with zero attached hydrogens (tertiary/aromatic N) is 2. The Labute approximate surface area is 123 Å². The van der Waals surface area contributed by atoms with E-state index in [0.717, 1.165) is 6.08 Å². The van der Waals surface area contributed by atoms with Crippen LogP contribution < -0.4 is 0 Å². The Bertz CT molecular complexity index is 556. The second-order valence-electron chi connectivity index (χ2n) is 4.98. The number of aliphatic carboxylic acids is 1. The summed E-state index contributed by atoms with van der Waals surface area (Å²) in [6.07, 6.45) is 2.28. The van der Waals surface area contributed by atoms with E-state index in [0.29, 0.717) is 17.7 Å². The maximum Gasteiger partial charge on any atom is 0.328 e. The molecule has 1 aromatic carbocycles. The van der Waals surface area contributed by atoms with Crippen molar-refractivity contribution in [3.63, 3.8) is 0 Å². The zero-order chi connectivity index (χ0) is 16.0. The number of amides is 1. The molecule has 0 spiro atoms. The summed E-state index contributed by atoms with van der Waals surface area (Å²) in [4.78, 5) is 25.2. The van der Waals surface area contributed by atoms with Gasteiger partial charge in [0.2, 0.25) is 5.91 Å². The first-order valence-electron chi connectivity index (χ1n) is 6.37. The molecule has 0 aliphatic heterocycles. The molecule has 0 fully saturated rings. The minimum atomic E-state index is -1.08. The fraction of sp³-hybridized carbons (Fsp3) is 0.333. The van der Waals surface area contributed by atoms with E-state index in [-0.39, 0.29) is 12.5 Å². The summed E-state index contributed by atoms with van der Waals surface area (Å²) in [5.74, 6) is -1.56. The Balaban J connectivity index is 2.72. The van der Waals surface area contributed by atoms with Crippen LogP contribution in [0.2, 0.25) is 0 Å². The van der Waals surface area contributed by atoms with E-state index in [1.807, 2.05) is 0 Å². The third-order valence-electron chi connectivity index (χ3n) is 2.84. The molecule has 5 nitrogen and oxygen atoms in total. The van der Waals surface area contributed by atoms with Gasteiger partial charge in [-0.15, -0.1) is 0 Å². The highest BCUT2D eigenvalue weighted by atomic mass is 19.1. The largest absolute Gasteiger partial charge is 0.478 e. The van der Waals surface area contributed by atoms with Crippen molar-refractivity contribution in [1.82, 2.24) is 9.80 Å². The maximum atomic E-state index is 13.9. The van der Waals surface area contributed by atoms with Gasteiger partial charge in [0.25, 0.3) is 0 Å². The number of likely N-dealkylation sites (N-methyl/N-ethyl adjacent to an activating group) is 2. The lowest BCUT2D eigenvalue weighted by molar-refractivity contribution is -0.131. The lowest BCUT2D eigenvalue weighted by Crippen LogP contribution is -2.34. The SMILES string of the molecule is CN(CC(=O)N(C)C)Cc1ccc(C=CC(=O)O)cc1F. The highest BCUT2D eigenvalue weighted by Crippen LogP contribution is 2.13. The van der Waals surface area contributed by atoms with E-state index in [1.54, 1.807) is 38.2 Å². The Kier molecular flexibility index (Phi) is 6.05. The molecule has 1 N–H and O–H groups in total. The van der Waals surface area contributed by atoms with Gasteiger partial charge in [-0.3, -0.25) is 9.69 Å². The van der Waals surface area contributed by atoms with E-state index >= 15 is 0 Å². The van der Waals surface area contributed by atoms with Gasteiger partial charge in [-0.1, -0.05) is 12.1 Å². The molecule has 0 saturated carbocycles. The van der Waals surface area contributed by atoms with Gasteiger partial charge >= 0.3 is 5.97 Å². The van der Waals surface area contributed by atoms with E-state index in [2.05, 4.69) is 0 Å². The number of halogens is 1. The zero-order valence-electron chi connectivity index (χ0n) is 12.3. The Morgan fingerprint density at radius 1 is 1.29 bits per heavy atom. The molecule has 0 unspecified atom stereocenters. The van der Waals surface area contributed by atoms with Gasteiger partial charge in [0, 0.05) is 32.3 Å². The number of carboxylic acids is 1. The minimum Gasteiger partial charge on any atom is -0.478 e. The highest BCUT2D eigenvalue weighted by molar-refractivity contribution is 5.85. The summed E-state index contributed by atoms with van der Waals surface area (Å²) in [7, 11) is 5.07. The van der Waals surface area contributed by atoms with Crippen LogP contribution in [0.15, 0.2) is 24.3 Å². The van der Waals surface area contributed by atoms with Crippen LogP contribution >= 0.6 is 0 Å². The van der Waals surface area contributed by atoms with Crippen molar-refractivity contribution in [3.05, 3.63) is 41.2 Å². The Morgan fingerprint density at radius 2 is 1.95 bits per heavy atom.